The molecule has 0 aliphatic carbocycles. The first-order valence-electron chi connectivity index (χ1n) is 7.45. The van der Waals surface area contributed by atoms with Gasteiger partial charge in [-0.25, -0.2) is 4.79 Å². The molecule has 0 aliphatic heterocycles. The van der Waals surface area contributed by atoms with Gasteiger partial charge in [0.15, 0.2) is 0 Å². The molecule has 0 radical (unpaired) electrons. The van der Waals surface area contributed by atoms with Crippen LogP contribution in [0.5, 0.6) is 11.5 Å². The molecule has 3 aromatic rings. The zero-order valence-corrected chi connectivity index (χ0v) is 14.4. The number of esters is 1. The zero-order valence-electron chi connectivity index (χ0n) is 12.8. The summed E-state index contributed by atoms with van der Waals surface area (Å²) in [6.45, 7) is 0.378. The molecule has 120 valence electrons. The van der Waals surface area contributed by atoms with E-state index in [1.165, 1.54) is 0 Å². The second kappa shape index (κ2) is 7.79. The Hall–Kier alpha value is -2.59. The summed E-state index contributed by atoms with van der Waals surface area (Å²) in [6.07, 6.45) is 0. The summed E-state index contributed by atoms with van der Waals surface area (Å²) in [6, 6.07) is 23.9. The third-order valence-corrected chi connectivity index (χ3v) is 3.81. The summed E-state index contributed by atoms with van der Waals surface area (Å²) in [5.74, 6) is 0.908. The van der Waals surface area contributed by atoms with E-state index in [1.807, 2.05) is 54.6 Å². The van der Waals surface area contributed by atoms with Gasteiger partial charge in [0.2, 0.25) is 0 Å². The molecular formula is C20H15BrO3. The van der Waals surface area contributed by atoms with Crippen molar-refractivity contribution in [2.24, 2.45) is 0 Å². The van der Waals surface area contributed by atoms with Gasteiger partial charge in [-0.1, -0.05) is 52.3 Å². The van der Waals surface area contributed by atoms with Gasteiger partial charge in [-0.3, -0.25) is 0 Å². The molecule has 3 nitrogen and oxygen atoms in total. The lowest BCUT2D eigenvalue weighted by molar-refractivity contribution is 0.0734. The van der Waals surface area contributed by atoms with E-state index in [1.54, 1.807) is 24.3 Å². The molecule has 4 heteroatoms. The number of ether oxygens (including phenoxy) is 2. The average molecular weight is 383 g/mol. The van der Waals surface area contributed by atoms with E-state index in [0.29, 0.717) is 17.9 Å². The van der Waals surface area contributed by atoms with Crippen LogP contribution in [0.4, 0.5) is 0 Å². The predicted molar refractivity (Wildman–Crippen MR) is 96.3 cm³/mol. The molecule has 0 heterocycles. The van der Waals surface area contributed by atoms with Gasteiger partial charge in [-0.2, -0.15) is 0 Å². The molecule has 0 aromatic heterocycles. The van der Waals surface area contributed by atoms with E-state index in [9.17, 15) is 4.79 Å². The first-order chi connectivity index (χ1) is 11.7. The summed E-state index contributed by atoms with van der Waals surface area (Å²) < 4.78 is 12.1. The Morgan fingerprint density at radius 1 is 0.833 bits per heavy atom. The van der Waals surface area contributed by atoms with Gasteiger partial charge in [0.05, 0.1) is 5.56 Å². The fourth-order valence-electron chi connectivity index (χ4n) is 2.17. The second-order valence-corrected chi connectivity index (χ2v) is 6.06. The number of carbonyl (C=O) groups is 1. The van der Waals surface area contributed by atoms with Crippen LogP contribution in [0, 0.1) is 0 Å². The molecule has 0 fully saturated rings. The summed E-state index contributed by atoms with van der Waals surface area (Å²) in [7, 11) is 0. The molecule has 0 bridgehead atoms. The van der Waals surface area contributed by atoms with Crippen molar-refractivity contribution >= 4 is 21.9 Å². The number of hydrogen-bond acceptors (Lipinski definition) is 3. The maximum atomic E-state index is 12.2. The Balaban J connectivity index is 1.66. The van der Waals surface area contributed by atoms with Crippen LogP contribution in [0.1, 0.15) is 15.9 Å². The maximum absolute atomic E-state index is 12.2. The van der Waals surface area contributed by atoms with E-state index >= 15 is 0 Å². The minimum atomic E-state index is -0.384. The van der Waals surface area contributed by atoms with Crippen molar-refractivity contribution < 1.29 is 14.3 Å². The standard InChI is InChI=1S/C20H15BrO3/c21-17-8-5-11-19(13-17)23-14-15-6-4-7-16(12-15)20(22)24-18-9-2-1-3-10-18/h1-13H,14H2. The Labute approximate surface area is 149 Å². The largest absolute Gasteiger partial charge is 0.489 e. The van der Waals surface area contributed by atoms with Crippen LogP contribution in [0.2, 0.25) is 0 Å². The third-order valence-electron chi connectivity index (χ3n) is 3.32. The number of carbonyl (C=O) groups excluding carboxylic acids is 1. The van der Waals surface area contributed by atoms with E-state index in [-0.39, 0.29) is 5.97 Å². The Bertz CT molecular complexity index is 831. The first kappa shape index (κ1) is 16.3. The lowest BCUT2D eigenvalue weighted by Crippen LogP contribution is -2.09. The molecule has 0 saturated heterocycles. The molecular weight excluding hydrogens is 368 g/mol. The molecule has 0 N–H and O–H groups in total. The van der Waals surface area contributed by atoms with Crippen molar-refractivity contribution in [2.75, 3.05) is 0 Å². The molecule has 0 amide bonds. The van der Waals surface area contributed by atoms with Gasteiger partial charge in [0.25, 0.3) is 0 Å². The molecule has 24 heavy (non-hydrogen) atoms. The van der Waals surface area contributed by atoms with Gasteiger partial charge in [0.1, 0.15) is 18.1 Å². The molecule has 3 rings (SSSR count). The summed E-state index contributed by atoms with van der Waals surface area (Å²) in [5.41, 5.74) is 1.40. The predicted octanol–water partition coefficient (Wildman–Crippen LogP) is 5.25. The second-order valence-electron chi connectivity index (χ2n) is 5.15. The van der Waals surface area contributed by atoms with E-state index < -0.39 is 0 Å². The number of rotatable bonds is 5. The van der Waals surface area contributed by atoms with Crippen molar-refractivity contribution in [3.63, 3.8) is 0 Å². The van der Waals surface area contributed by atoms with Crippen LogP contribution in [-0.4, -0.2) is 5.97 Å². The van der Waals surface area contributed by atoms with Crippen LogP contribution in [0.25, 0.3) is 0 Å². The van der Waals surface area contributed by atoms with Crippen LogP contribution >= 0.6 is 15.9 Å². The minimum absolute atomic E-state index is 0.378. The first-order valence-corrected chi connectivity index (χ1v) is 8.24. The monoisotopic (exact) mass is 382 g/mol. The lowest BCUT2D eigenvalue weighted by Gasteiger charge is -2.08. The highest BCUT2D eigenvalue weighted by atomic mass is 79.9. The van der Waals surface area contributed by atoms with Crippen LogP contribution in [0.15, 0.2) is 83.3 Å². The van der Waals surface area contributed by atoms with Crippen molar-refractivity contribution in [2.45, 2.75) is 6.61 Å². The molecule has 3 aromatic carbocycles. The van der Waals surface area contributed by atoms with Gasteiger partial charge in [-0.15, -0.1) is 0 Å². The highest BCUT2D eigenvalue weighted by Gasteiger charge is 2.09. The number of benzene rings is 3. The summed E-state index contributed by atoms with van der Waals surface area (Å²) in [4.78, 5) is 12.2. The van der Waals surface area contributed by atoms with Crippen molar-refractivity contribution in [3.05, 3.63) is 94.5 Å². The van der Waals surface area contributed by atoms with E-state index in [4.69, 9.17) is 9.47 Å². The van der Waals surface area contributed by atoms with Crippen LogP contribution in [-0.2, 0) is 6.61 Å². The molecule has 0 unspecified atom stereocenters. The normalized spacial score (nSPS) is 10.2. The lowest BCUT2D eigenvalue weighted by atomic mass is 10.1. The SMILES string of the molecule is O=C(Oc1ccccc1)c1cccc(COc2cccc(Br)c2)c1. The summed E-state index contributed by atoms with van der Waals surface area (Å²) in [5, 5.41) is 0. The van der Waals surface area contributed by atoms with E-state index in [0.717, 1.165) is 15.8 Å². The van der Waals surface area contributed by atoms with Crippen molar-refractivity contribution in [1.82, 2.24) is 0 Å². The smallest absolute Gasteiger partial charge is 0.343 e. The van der Waals surface area contributed by atoms with Gasteiger partial charge >= 0.3 is 5.97 Å². The van der Waals surface area contributed by atoms with Crippen molar-refractivity contribution in [3.8, 4) is 11.5 Å². The van der Waals surface area contributed by atoms with Gasteiger partial charge < -0.3 is 9.47 Å². The maximum Gasteiger partial charge on any atom is 0.343 e. The number of para-hydroxylation sites is 1. The molecule has 0 saturated carbocycles. The number of halogens is 1. The minimum Gasteiger partial charge on any atom is -0.489 e. The zero-order chi connectivity index (χ0) is 16.8. The molecule has 0 aliphatic rings. The Kier molecular flexibility index (Phi) is 5.29. The average Bonchev–Trinajstić information content (AvgIpc) is 2.61. The van der Waals surface area contributed by atoms with Crippen LogP contribution < -0.4 is 9.47 Å². The van der Waals surface area contributed by atoms with Gasteiger partial charge in [0, 0.05) is 4.47 Å². The quantitative estimate of drug-likeness (QED) is 0.446. The van der Waals surface area contributed by atoms with Gasteiger partial charge in [-0.05, 0) is 48.0 Å². The molecule has 0 atom stereocenters. The number of hydrogen-bond donors (Lipinski definition) is 0. The van der Waals surface area contributed by atoms with E-state index in [2.05, 4.69) is 15.9 Å². The third kappa shape index (κ3) is 4.46. The fraction of sp³-hybridized carbons (Fsp3) is 0.0500. The Morgan fingerprint density at radius 2 is 1.58 bits per heavy atom. The molecule has 0 spiro atoms. The van der Waals surface area contributed by atoms with Crippen LogP contribution in [0.3, 0.4) is 0 Å². The topological polar surface area (TPSA) is 35.5 Å². The summed E-state index contributed by atoms with van der Waals surface area (Å²) >= 11 is 3.41. The highest BCUT2D eigenvalue weighted by molar-refractivity contribution is 9.10. The fourth-order valence-corrected chi connectivity index (χ4v) is 2.54. The highest BCUT2D eigenvalue weighted by Crippen LogP contribution is 2.19. The Morgan fingerprint density at radius 3 is 2.38 bits per heavy atom. The van der Waals surface area contributed by atoms with Crippen molar-refractivity contribution in [1.29, 1.82) is 0 Å².